The maximum absolute atomic E-state index is 13.2. The van der Waals surface area contributed by atoms with E-state index in [0.717, 1.165) is 43.7 Å². The molecule has 158 valence electrons. The third kappa shape index (κ3) is 4.66. The second-order valence-corrected chi connectivity index (χ2v) is 8.39. The number of likely N-dealkylation sites (tertiary alicyclic amines) is 2. The molecule has 5 heteroatoms. The summed E-state index contributed by atoms with van der Waals surface area (Å²) in [5, 5.41) is 0. The van der Waals surface area contributed by atoms with E-state index < -0.39 is 0 Å². The highest BCUT2D eigenvalue weighted by molar-refractivity contribution is 5.89. The van der Waals surface area contributed by atoms with E-state index in [0.29, 0.717) is 25.4 Å². The number of hydrogen-bond acceptors (Lipinski definition) is 3. The fourth-order valence-electron chi connectivity index (χ4n) is 4.68. The van der Waals surface area contributed by atoms with Crippen LogP contribution in [-0.4, -0.2) is 48.4 Å². The van der Waals surface area contributed by atoms with Gasteiger partial charge in [-0.3, -0.25) is 9.59 Å². The van der Waals surface area contributed by atoms with Crippen molar-refractivity contribution in [3.63, 3.8) is 0 Å². The van der Waals surface area contributed by atoms with Crippen LogP contribution in [-0.2, 0) is 16.1 Å². The maximum Gasteiger partial charge on any atom is 0.227 e. The van der Waals surface area contributed by atoms with E-state index in [1.54, 1.807) is 7.11 Å². The van der Waals surface area contributed by atoms with E-state index in [2.05, 4.69) is 24.3 Å². The Balaban J connectivity index is 1.33. The molecule has 0 aliphatic carbocycles. The average molecular weight is 407 g/mol. The monoisotopic (exact) mass is 406 g/mol. The first-order valence-electron chi connectivity index (χ1n) is 10.9. The fraction of sp³-hybridized carbons (Fsp3) is 0.440. The number of methoxy groups -OCH3 is 1. The SMILES string of the molecule is COc1ccc(CN2CC(C(=O)N3CCCC(c4ccccc4)CC3)CC2=O)cc1. The van der Waals surface area contributed by atoms with Gasteiger partial charge >= 0.3 is 0 Å². The minimum absolute atomic E-state index is 0.0705. The highest BCUT2D eigenvalue weighted by Gasteiger charge is 2.37. The van der Waals surface area contributed by atoms with Gasteiger partial charge in [0.25, 0.3) is 0 Å². The standard InChI is InChI=1S/C25H30N2O3/c1-30-23-11-9-19(10-12-23)17-27-18-22(16-24(27)28)25(29)26-14-5-8-21(13-15-26)20-6-3-2-4-7-20/h2-4,6-7,9-12,21-22H,5,8,13-18H2,1H3. The van der Waals surface area contributed by atoms with Crippen LogP contribution in [0, 0.1) is 5.92 Å². The van der Waals surface area contributed by atoms with Crippen LogP contribution < -0.4 is 4.74 Å². The molecular weight excluding hydrogens is 376 g/mol. The Kier molecular flexibility index (Phi) is 6.36. The normalized spacial score (nSPS) is 22.1. The largest absolute Gasteiger partial charge is 0.497 e. The van der Waals surface area contributed by atoms with Crippen LogP contribution in [0.15, 0.2) is 54.6 Å². The van der Waals surface area contributed by atoms with E-state index in [1.165, 1.54) is 5.56 Å². The Morgan fingerprint density at radius 1 is 1.03 bits per heavy atom. The number of benzene rings is 2. The molecule has 2 amide bonds. The van der Waals surface area contributed by atoms with Crippen molar-refractivity contribution >= 4 is 11.8 Å². The van der Waals surface area contributed by atoms with Gasteiger partial charge in [-0.1, -0.05) is 42.5 Å². The molecule has 0 bridgehead atoms. The summed E-state index contributed by atoms with van der Waals surface area (Å²) in [6.45, 7) is 2.64. The van der Waals surface area contributed by atoms with Crippen molar-refractivity contribution in [2.75, 3.05) is 26.7 Å². The van der Waals surface area contributed by atoms with E-state index >= 15 is 0 Å². The molecule has 2 aromatic rings. The summed E-state index contributed by atoms with van der Waals surface area (Å²) >= 11 is 0. The van der Waals surface area contributed by atoms with E-state index in [1.807, 2.05) is 40.1 Å². The van der Waals surface area contributed by atoms with Gasteiger partial charge in [-0.15, -0.1) is 0 Å². The van der Waals surface area contributed by atoms with Gasteiger partial charge in [-0.05, 0) is 48.4 Å². The van der Waals surface area contributed by atoms with Crippen LogP contribution in [0.1, 0.15) is 42.7 Å². The number of carbonyl (C=O) groups excluding carboxylic acids is 2. The summed E-state index contributed by atoms with van der Waals surface area (Å²) in [5.74, 6) is 1.31. The second kappa shape index (κ2) is 9.33. The smallest absolute Gasteiger partial charge is 0.227 e. The molecule has 2 unspecified atom stereocenters. The molecule has 2 fully saturated rings. The van der Waals surface area contributed by atoms with Crippen LogP contribution in [0.2, 0.25) is 0 Å². The second-order valence-electron chi connectivity index (χ2n) is 8.39. The Bertz CT molecular complexity index is 866. The van der Waals surface area contributed by atoms with E-state index in [9.17, 15) is 9.59 Å². The van der Waals surface area contributed by atoms with Crippen molar-refractivity contribution in [3.8, 4) is 5.75 Å². The number of ether oxygens (including phenoxy) is 1. The number of hydrogen-bond donors (Lipinski definition) is 0. The van der Waals surface area contributed by atoms with Gasteiger partial charge in [0.15, 0.2) is 0 Å². The lowest BCUT2D eigenvalue weighted by Crippen LogP contribution is -2.38. The van der Waals surface area contributed by atoms with Crippen molar-refractivity contribution in [1.82, 2.24) is 9.80 Å². The lowest BCUT2D eigenvalue weighted by atomic mass is 9.92. The lowest BCUT2D eigenvalue weighted by molar-refractivity contribution is -0.135. The molecule has 2 aliphatic heterocycles. The third-order valence-electron chi connectivity index (χ3n) is 6.41. The van der Waals surface area contributed by atoms with Gasteiger partial charge < -0.3 is 14.5 Å². The first kappa shape index (κ1) is 20.5. The van der Waals surface area contributed by atoms with Crippen LogP contribution in [0.5, 0.6) is 5.75 Å². The molecule has 2 atom stereocenters. The highest BCUT2D eigenvalue weighted by Crippen LogP contribution is 2.30. The topological polar surface area (TPSA) is 49.9 Å². The summed E-state index contributed by atoms with van der Waals surface area (Å²) in [6, 6.07) is 18.3. The summed E-state index contributed by atoms with van der Waals surface area (Å²) in [7, 11) is 1.64. The molecule has 2 saturated heterocycles. The summed E-state index contributed by atoms with van der Waals surface area (Å²) in [6.07, 6.45) is 3.45. The van der Waals surface area contributed by atoms with Gasteiger partial charge in [0.2, 0.25) is 11.8 Å². The molecule has 4 rings (SSSR count). The zero-order valence-electron chi connectivity index (χ0n) is 17.6. The van der Waals surface area contributed by atoms with Gasteiger partial charge in [-0.25, -0.2) is 0 Å². The summed E-state index contributed by atoms with van der Waals surface area (Å²) in [4.78, 5) is 29.5. The molecule has 0 N–H and O–H groups in total. The van der Waals surface area contributed by atoms with Crippen molar-refractivity contribution < 1.29 is 14.3 Å². The molecular formula is C25H30N2O3. The first-order chi connectivity index (χ1) is 14.6. The van der Waals surface area contributed by atoms with Gasteiger partial charge in [0.1, 0.15) is 5.75 Å². The molecule has 30 heavy (non-hydrogen) atoms. The predicted molar refractivity (Wildman–Crippen MR) is 116 cm³/mol. The number of carbonyl (C=O) groups is 2. The van der Waals surface area contributed by atoms with Crippen molar-refractivity contribution in [2.45, 2.75) is 38.1 Å². The summed E-state index contributed by atoms with van der Waals surface area (Å²) < 4.78 is 5.19. The Hall–Kier alpha value is -2.82. The zero-order valence-corrected chi connectivity index (χ0v) is 17.6. The Morgan fingerprint density at radius 3 is 2.53 bits per heavy atom. The average Bonchev–Trinajstić information content (AvgIpc) is 2.99. The molecule has 0 spiro atoms. The van der Waals surface area contributed by atoms with Crippen LogP contribution >= 0.6 is 0 Å². The molecule has 2 heterocycles. The Labute approximate surface area is 178 Å². The quantitative estimate of drug-likeness (QED) is 0.758. The lowest BCUT2D eigenvalue weighted by Gasteiger charge is -2.24. The summed E-state index contributed by atoms with van der Waals surface area (Å²) in [5.41, 5.74) is 2.42. The molecule has 0 saturated carbocycles. The van der Waals surface area contributed by atoms with Crippen molar-refractivity contribution in [1.29, 1.82) is 0 Å². The molecule has 2 aromatic carbocycles. The van der Waals surface area contributed by atoms with Gasteiger partial charge in [0.05, 0.1) is 13.0 Å². The van der Waals surface area contributed by atoms with Crippen molar-refractivity contribution in [2.24, 2.45) is 5.92 Å². The molecule has 5 nitrogen and oxygen atoms in total. The van der Waals surface area contributed by atoms with Gasteiger partial charge in [0, 0.05) is 32.6 Å². The number of nitrogens with zero attached hydrogens (tertiary/aromatic N) is 2. The minimum atomic E-state index is -0.218. The third-order valence-corrected chi connectivity index (χ3v) is 6.41. The van der Waals surface area contributed by atoms with Crippen LogP contribution in [0.25, 0.3) is 0 Å². The Morgan fingerprint density at radius 2 is 1.80 bits per heavy atom. The number of rotatable bonds is 5. The zero-order chi connectivity index (χ0) is 20.9. The number of amides is 2. The fourth-order valence-corrected chi connectivity index (χ4v) is 4.68. The molecule has 0 aromatic heterocycles. The minimum Gasteiger partial charge on any atom is -0.497 e. The molecule has 0 radical (unpaired) electrons. The maximum atomic E-state index is 13.2. The van der Waals surface area contributed by atoms with E-state index in [-0.39, 0.29) is 17.7 Å². The van der Waals surface area contributed by atoms with Crippen LogP contribution in [0.4, 0.5) is 0 Å². The molecule has 2 aliphatic rings. The predicted octanol–water partition coefficient (Wildman–Crippen LogP) is 3.84. The van der Waals surface area contributed by atoms with E-state index in [4.69, 9.17) is 4.74 Å². The van der Waals surface area contributed by atoms with Crippen molar-refractivity contribution in [3.05, 3.63) is 65.7 Å². The van der Waals surface area contributed by atoms with Gasteiger partial charge in [-0.2, -0.15) is 0 Å². The first-order valence-corrected chi connectivity index (χ1v) is 10.9. The van der Waals surface area contributed by atoms with Crippen LogP contribution in [0.3, 0.4) is 0 Å². The highest BCUT2D eigenvalue weighted by atomic mass is 16.5.